The summed E-state index contributed by atoms with van der Waals surface area (Å²) in [6.07, 6.45) is 1.53. The minimum Gasteiger partial charge on any atom is -0.494 e. The molecule has 0 saturated carbocycles. The number of hydrogen-bond donors (Lipinski definition) is 0. The Morgan fingerprint density at radius 2 is 2.04 bits per heavy atom. The number of rotatable bonds is 2. The first-order chi connectivity index (χ1) is 10.9. The summed E-state index contributed by atoms with van der Waals surface area (Å²) < 4.78 is 14.1. The summed E-state index contributed by atoms with van der Waals surface area (Å²) in [6.45, 7) is 2.39. The van der Waals surface area contributed by atoms with Gasteiger partial charge in [-0.05, 0) is 50.9 Å². The van der Waals surface area contributed by atoms with E-state index < -0.39 is 0 Å². The van der Waals surface area contributed by atoms with Crippen molar-refractivity contribution in [2.45, 2.75) is 13.0 Å². The van der Waals surface area contributed by atoms with Crippen LogP contribution >= 0.6 is 31.9 Å². The molecule has 1 atom stereocenters. The van der Waals surface area contributed by atoms with E-state index in [1.165, 1.54) is 0 Å². The Kier molecular flexibility index (Phi) is 4.37. The molecule has 0 bridgehead atoms. The normalized spacial score (nSPS) is 16.7. The summed E-state index contributed by atoms with van der Waals surface area (Å²) in [4.78, 5) is 14.7. The molecule has 0 aliphatic carbocycles. The zero-order valence-corrected chi connectivity index (χ0v) is 16.0. The van der Waals surface area contributed by atoms with Gasteiger partial charge in [0, 0.05) is 12.6 Å². The molecule has 1 aliphatic rings. The maximum atomic E-state index is 13.0. The van der Waals surface area contributed by atoms with E-state index in [1.54, 1.807) is 42.1 Å². The van der Waals surface area contributed by atoms with E-state index in [0.717, 1.165) is 0 Å². The smallest absolute Gasteiger partial charge is 0.259 e. The molecule has 1 aromatic carbocycles. The van der Waals surface area contributed by atoms with Crippen molar-refractivity contribution in [1.82, 2.24) is 9.78 Å². The van der Waals surface area contributed by atoms with Gasteiger partial charge in [0.25, 0.3) is 5.91 Å². The molecular weight excluding hydrogens is 430 g/mol. The van der Waals surface area contributed by atoms with E-state index in [4.69, 9.17) is 9.47 Å². The molecule has 0 unspecified atom stereocenters. The minimum absolute atomic E-state index is 0.0965. The number of nitrogens with zero attached hydrogens (tertiary/aromatic N) is 3. The second-order valence-corrected chi connectivity index (χ2v) is 6.98. The number of amides is 1. The first-order valence-corrected chi connectivity index (χ1v) is 8.54. The molecular formula is C15H15Br2N3O3. The van der Waals surface area contributed by atoms with Crippen LogP contribution in [0.15, 0.2) is 27.3 Å². The van der Waals surface area contributed by atoms with Crippen molar-refractivity contribution < 1.29 is 14.3 Å². The number of anilines is 1. The van der Waals surface area contributed by atoms with E-state index >= 15 is 0 Å². The monoisotopic (exact) mass is 443 g/mol. The Balaban J connectivity index is 2.03. The molecule has 0 saturated heterocycles. The lowest BCUT2D eigenvalue weighted by molar-refractivity contribution is 0.0958. The Morgan fingerprint density at radius 1 is 1.39 bits per heavy atom. The summed E-state index contributed by atoms with van der Waals surface area (Å²) in [6, 6.07) is 3.50. The highest BCUT2D eigenvalue weighted by Gasteiger charge is 2.32. The summed E-state index contributed by atoms with van der Waals surface area (Å²) in [7, 11) is 3.37. The summed E-state index contributed by atoms with van der Waals surface area (Å²) in [5, 5.41) is 4.18. The molecule has 1 aliphatic heterocycles. The second-order valence-electron chi connectivity index (χ2n) is 5.27. The number of aromatic nitrogens is 2. The van der Waals surface area contributed by atoms with Crippen molar-refractivity contribution in [3.63, 3.8) is 0 Å². The summed E-state index contributed by atoms with van der Waals surface area (Å²) in [5.74, 6) is 1.81. The average Bonchev–Trinajstić information content (AvgIpc) is 2.86. The molecule has 3 rings (SSSR count). The summed E-state index contributed by atoms with van der Waals surface area (Å²) >= 11 is 6.87. The third kappa shape index (κ3) is 2.85. The van der Waals surface area contributed by atoms with Crippen molar-refractivity contribution in [3.05, 3.63) is 32.8 Å². The largest absolute Gasteiger partial charge is 0.494 e. The number of ether oxygens (including phenoxy) is 2. The van der Waals surface area contributed by atoms with Gasteiger partial charge >= 0.3 is 0 Å². The Labute approximate surface area is 150 Å². The minimum atomic E-state index is -0.117. The van der Waals surface area contributed by atoms with Crippen LogP contribution in [-0.2, 0) is 7.05 Å². The molecule has 1 amide bonds. The lowest BCUT2D eigenvalue weighted by Crippen LogP contribution is -2.43. The van der Waals surface area contributed by atoms with Gasteiger partial charge in [-0.3, -0.25) is 9.69 Å². The predicted molar refractivity (Wildman–Crippen MR) is 93.4 cm³/mol. The first-order valence-electron chi connectivity index (χ1n) is 6.96. The first kappa shape index (κ1) is 16.3. The van der Waals surface area contributed by atoms with Gasteiger partial charge in [0.1, 0.15) is 11.9 Å². The fraction of sp³-hybridized carbons (Fsp3) is 0.333. The number of fused-ring (bicyclic) bond motifs is 1. The highest BCUT2D eigenvalue weighted by atomic mass is 79.9. The Morgan fingerprint density at radius 3 is 2.65 bits per heavy atom. The van der Waals surface area contributed by atoms with Crippen LogP contribution in [0.25, 0.3) is 0 Å². The molecule has 0 spiro atoms. The quantitative estimate of drug-likeness (QED) is 0.712. The van der Waals surface area contributed by atoms with Crippen molar-refractivity contribution >= 4 is 43.6 Å². The van der Waals surface area contributed by atoms with Crippen LogP contribution in [-0.4, -0.2) is 35.4 Å². The van der Waals surface area contributed by atoms with Crippen molar-refractivity contribution in [3.8, 4) is 11.5 Å². The summed E-state index contributed by atoms with van der Waals surface area (Å²) in [5.41, 5.74) is 0.547. The number of methoxy groups -OCH3 is 1. The van der Waals surface area contributed by atoms with Gasteiger partial charge in [-0.2, -0.15) is 5.10 Å². The van der Waals surface area contributed by atoms with Gasteiger partial charge in [0.2, 0.25) is 0 Å². The Hall–Kier alpha value is -1.54. The molecule has 6 nitrogen and oxygen atoms in total. The molecule has 0 N–H and O–H groups in total. The van der Waals surface area contributed by atoms with Crippen molar-refractivity contribution in [1.29, 1.82) is 0 Å². The van der Waals surface area contributed by atoms with Crippen LogP contribution in [0.4, 0.5) is 5.82 Å². The molecule has 0 fully saturated rings. The van der Waals surface area contributed by atoms with Gasteiger partial charge in [-0.1, -0.05) is 0 Å². The number of hydrogen-bond acceptors (Lipinski definition) is 4. The van der Waals surface area contributed by atoms with E-state index in [2.05, 4.69) is 37.0 Å². The topological polar surface area (TPSA) is 56.6 Å². The van der Waals surface area contributed by atoms with E-state index in [0.29, 0.717) is 38.4 Å². The molecule has 2 heterocycles. The second kappa shape index (κ2) is 6.16. The van der Waals surface area contributed by atoms with Crippen LogP contribution < -0.4 is 14.4 Å². The van der Waals surface area contributed by atoms with Gasteiger partial charge in [-0.15, -0.1) is 0 Å². The van der Waals surface area contributed by atoms with E-state index in [9.17, 15) is 4.79 Å². The van der Waals surface area contributed by atoms with Gasteiger partial charge in [0.05, 0.1) is 28.8 Å². The molecule has 0 radical (unpaired) electrons. The zero-order valence-electron chi connectivity index (χ0n) is 12.8. The third-order valence-corrected chi connectivity index (χ3v) is 4.77. The van der Waals surface area contributed by atoms with Gasteiger partial charge in [0.15, 0.2) is 11.6 Å². The number of benzene rings is 1. The molecule has 2 aromatic rings. The fourth-order valence-electron chi connectivity index (χ4n) is 2.61. The van der Waals surface area contributed by atoms with Crippen LogP contribution in [0.5, 0.6) is 11.5 Å². The van der Waals surface area contributed by atoms with Crippen LogP contribution in [0, 0.1) is 0 Å². The van der Waals surface area contributed by atoms with Gasteiger partial charge in [-0.25, -0.2) is 4.68 Å². The number of carbonyl (C=O) groups is 1. The predicted octanol–water partition coefficient (Wildman–Crippen LogP) is 3.38. The highest BCUT2D eigenvalue weighted by molar-refractivity contribution is 9.11. The average molecular weight is 445 g/mol. The van der Waals surface area contributed by atoms with E-state index in [1.807, 2.05) is 6.92 Å². The zero-order chi connectivity index (χ0) is 16.7. The number of carbonyl (C=O) groups excluding carboxylic acids is 1. The van der Waals surface area contributed by atoms with Crippen molar-refractivity contribution in [2.24, 2.45) is 7.05 Å². The lowest BCUT2D eigenvalue weighted by atomic mass is 10.1. The molecule has 23 heavy (non-hydrogen) atoms. The molecule has 8 heteroatoms. The number of halogens is 2. The lowest BCUT2D eigenvalue weighted by Gasteiger charge is -2.31. The van der Waals surface area contributed by atoms with Crippen molar-refractivity contribution in [2.75, 3.05) is 18.6 Å². The standard InChI is InChI=1S/C15H15Br2N3O3/c1-8-7-20(14-12(23-8)6-18-19(14)2)15(21)9-4-10(16)13(22-3)11(17)5-9/h4-6,8H,7H2,1-3H3/t8-/m1/s1. The highest BCUT2D eigenvalue weighted by Crippen LogP contribution is 2.37. The third-order valence-electron chi connectivity index (χ3n) is 3.59. The van der Waals surface area contributed by atoms with Gasteiger partial charge < -0.3 is 9.47 Å². The van der Waals surface area contributed by atoms with Crippen LogP contribution in [0.3, 0.4) is 0 Å². The molecule has 1 aromatic heterocycles. The fourth-order valence-corrected chi connectivity index (χ4v) is 4.12. The SMILES string of the molecule is COc1c(Br)cc(C(=O)N2C[C@@H](C)Oc3cnn(C)c32)cc1Br. The number of aryl methyl sites for hydroxylation is 1. The molecule has 122 valence electrons. The maximum Gasteiger partial charge on any atom is 0.259 e. The van der Waals surface area contributed by atoms with E-state index in [-0.39, 0.29) is 12.0 Å². The van der Waals surface area contributed by atoms with Crippen LogP contribution in [0.1, 0.15) is 17.3 Å². The Bertz CT molecular complexity index is 752. The maximum absolute atomic E-state index is 13.0. The van der Waals surface area contributed by atoms with Crippen LogP contribution in [0.2, 0.25) is 0 Å².